The predicted octanol–water partition coefficient (Wildman–Crippen LogP) is 3.08. The zero-order valence-corrected chi connectivity index (χ0v) is 14.5. The van der Waals surface area contributed by atoms with Crippen molar-refractivity contribution in [1.82, 2.24) is 0 Å². The number of ether oxygens (including phenoxy) is 2. The first-order valence-corrected chi connectivity index (χ1v) is 10.4. The molecule has 5 heteroatoms. The summed E-state index contributed by atoms with van der Waals surface area (Å²) in [5, 5.41) is 8.88. The number of aliphatic hydroxyl groups is 1. The van der Waals surface area contributed by atoms with Crippen LogP contribution in [0.2, 0.25) is 18.1 Å². The van der Waals surface area contributed by atoms with Crippen LogP contribution in [0.3, 0.4) is 0 Å². The van der Waals surface area contributed by atoms with E-state index in [9.17, 15) is 0 Å². The minimum absolute atomic E-state index is 0.00454. The van der Waals surface area contributed by atoms with Gasteiger partial charge in [-0.25, -0.2) is 0 Å². The number of aliphatic hydroxyl groups excluding tert-OH is 1. The predicted molar refractivity (Wildman–Crippen MR) is 83.2 cm³/mol. The molecule has 0 saturated carbocycles. The third-order valence-corrected chi connectivity index (χ3v) is 8.69. The largest absolute Gasteiger partial charge is 0.499 e. The van der Waals surface area contributed by atoms with Crippen LogP contribution in [-0.4, -0.2) is 45.5 Å². The van der Waals surface area contributed by atoms with Gasteiger partial charge in [-0.05, 0) is 37.0 Å². The van der Waals surface area contributed by atoms with Crippen molar-refractivity contribution in [3.63, 3.8) is 0 Å². The van der Waals surface area contributed by atoms with Gasteiger partial charge >= 0.3 is 0 Å². The lowest BCUT2D eigenvalue weighted by Crippen LogP contribution is -2.50. The molecule has 1 heterocycles. The highest BCUT2D eigenvalue weighted by Gasteiger charge is 2.41. The fraction of sp³-hybridized carbons (Fsp3) is 0.867. The van der Waals surface area contributed by atoms with Crippen LogP contribution in [0.4, 0.5) is 0 Å². The van der Waals surface area contributed by atoms with Gasteiger partial charge in [0.15, 0.2) is 8.32 Å². The SMILES string of the molecule is CC(C)(C)[Si](C)(C)O[C@@H]1CCCO[C@@H]1CO/C=C/CO. The average molecular weight is 302 g/mol. The highest BCUT2D eigenvalue weighted by Crippen LogP contribution is 2.38. The third-order valence-electron chi connectivity index (χ3n) is 4.19. The normalized spacial score (nSPS) is 25.1. The van der Waals surface area contributed by atoms with Gasteiger partial charge in [-0.1, -0.05) is 20.8 Å². The Balaban J connectivity index is 2.58. The molecule has 0 bridgehead atoms. The molecule has 0 amide bonds. The summed E-state index contributed by atoms with van der Waals surface area (Å²) in [5.41, 5.74) is 0. The molecule has 0 aromatic carbocycles. The summed E-state index contributed by atoms with van der Waals surface area (Å²) in [7, 11) is -1.78. The van der Waals surface area contributed by atoms with E-state index in [1.165, 1.54) is 6.26 Å². The second-order valence-corrected chi connectivity index (χ2v) is 11.6. The Morgan fingerprint density at radius 2 is 2.05 bits per heavy atom. The zero-order chi connectivity index (χ0) is 15.2. The molecule has 1 fully saturated rings. The van der Waals surface area contributed by atoms with Crippen LogP contribution in [0.15, 0.2) is 12.3 Å². The molecule has 1 saturated heterocycles. The lowest BCUT2D eigenvalue weighted by Gasteiger charge is -2.42. The topological polar surface area (TPSA) is 47.9 Å². The van der Waals surface area contributed by atoms with Crippen LogP contribution in [0, 0.1) is 0 Å². The second-order valence-electron chi connectivity index (χ2n) is 6.86. The molecule has 0 aliphatic carbocycles. The van der Waals surface area contributed by atoms with Crippen LogP contribution >= 0.6 is 0 Å². The Labute approximate surface area is 124 Å². The number of rotatable bonds is 6. The molecular weight excluding hydrogens is 272 g/mol. The van der Waals surface area contributed by atoms with Crippen LogP contribution in [0.5, 0.6) is 0 Å². The van der Waals surface area contributed by atoms with E-state index in [-0.39, 0.29) is 23.9 Å². The van der Waals surface area contributed by atoms with Gasteiger partial charge in [-0.15, -0.1) is 0 Å². The van der Waals surface area contributed by atoms with Crippen molar-refractivity contribution in [2.24, 2.45) is 0 Å². The highest BCUT2D eigenvalue weighted by molar-refractivity contribution is 6.74. The first-order chi connectivity index (χ1) is 9.28. The van der Waals surface area contributed by atoms with Crippen molar-refractivity contribution in [3.05, 3.63) is 12.3 Å². The van der Waals surface area contributed by atoms with Gasteiger partial charge in [0.05, 0.1) is 19.0 Å². The van der Waals surface area contributed by atoms with Gasteiger partial charge < -0.3 is 19.0 Å². The molecule has 0 aromatic rings. The van der Waals surface area contributed by atoms with Crippen molar-refractivity contribution >= 4 is 8.32 Å². The van der Waals surface area contributed by atoms with Crippen molar-refractivity contribution in [1.29, 1.82) is 0 Å². The summed E-state index contributed by atoms with van der Waals surface area (Å²) in [4.78, 5) is 0. The minimum Gasteiger partial charge on any atom is -0.499 e. The van der Waals surface area contributed by atoms with Gasteiger partial charge in [-0.3, -0.25) is 0 Å². The summed E-state index contributed by atoms with van der Waals surface area (Å²) in [5.74, 6) is 0. The van der Waals surface area contributed by atoms with Crippen LogP contribution in [0.25, 0.3) is 0 Å². The maximum absolute atomic E-state index is 8.68. The summed E-state index contributed by atoms with van der Waals surface area (Å²) in [6, 6.07) is 0. The van der Waals surface area contributed by atoms with E-state index in [1.54, 1.807) is 6.08 Å². The Morgan fingerprint density at radius 1 is 1.35 bits per heavy atom. The molecule has 4 nitrogen and oxygen atoms in total. The van der Waals surface area contributed by atoms with Gasteiger partial charge in [0.1, 0.15) is 12.7 Å². The molecule has 20 heavy (non-hydrogen) atoms. The third kappa shape index (κ3) is 5.20. The van der Waals surface area contributed by atoms with Crippen molar-refractivity contribution in [3.8, 4) is 0 Å². The van der Waals surface area contributed by atoms with E-state index in [4.69, 9.17) is 19.0 Å². The minimum atomic E-state index is -1.78. The van der Waals surface area contributed by atoms with Crippen molar-refractivity contribution < 1.29 is 19.0 Å². The first kappa shape index (κ1) is 17.7. The lowest BCUT2D eigenvalue weighted by atomic mass is 10.1. The maximum Gasteiger partial charge on any atom is 0.192 e. The van der Waals surface area contributed by atoms with Crippen LogP contribution < -0.4 is 0 Å². The molecule has 0 spiro atoms. The fourth-order valence-electron chi connectivity index (χ4n) is 1.92. The standard InChI is InChI=1S/C15H30O4Si/c1-15(2,3)20(4,5)19-13-8-6-11-18-14(13)12-17-10-7-9-16/h7,10,13-14,16H,6,8-9,11-12H2,1-5H3/b10-7+/t13-,14-/m1/s1. The second kappa shape index (κ2) is 7.59. The summed E-state index contributed by atoms with van der Waals surface area (Å²) < 4.78 is 17.7. The average Bonchev–Trinajstić information content (AvgIpc) is 2.35. The molecule has 0 radical (unpaired) electrons. The van der Waals surface area contributed by atoms with Gasteiger partial charge in [-0.2, -0.15) is 0 Å². The molecule has 2 atom stereocenters. The van der Waals surface area contributed by atoms with E-state index in [0.717, 1.165) is 19.4 Å². The Morgan fingerprint density at radius 3 is 2.65 bits per heavy atom. The van der Waals surface area contributed by atoms with E-state index in [1.807, 2.05) is 0 Å². The summed E-state index contributed by atoms with van der Waals surface area (Å²) in [6.45, 7) is 12.5. The highest BCUT2D eigenvalue weighted by atomic mass is 28.4. The van der Waals surface area contributed by atoms with E-state index >= 15 is 0 Å². The quantitative estimate of drug-likeness (QED) is 0.605. The molecular formula is C15H30O4Si. The van der Waals surface area contributed by atoms with E-state index in [2.05, 4.69) is 33.9 Å². The Bertz CT molecular complexity index is 309. The molecule has 1 aliphatic heterocycles. The van der Waals surface area contributed by atoms with Crippen molar-refractivity contribution in [2.75, 3.05) is 19.8 Å². The molecule has 1 aliphatic rings. The smallest absolute Gasteiger partial charge is 0.192 e. The molecule has 0 unspecified atom stereocenters. The Kier molecular flexibility index (Phi) is 6.71. The summed E-state index contributed by atoms with van der Waals surface area (Å²) >= 11 is 0. The molecule has 1 rings (SSSR count). The molecule has 118 valence electrons. The molecule has 0 aromatic heterocycles. The Hall–Kier alpha value is -0.363. The van der Waals surface area contributed by atoms with Crippen LogP contribution in [0.1, 0.15) is 33.6 Å². The first-order valence-electron chi connectivity index (χ1n) is 7.45. The number of hydrogen-bond acceptors (Lipinski definition) is 4. The van der Waals surface area contributed by atoms with Crippen molar-refractivity contribution in [2.45, 2.75) is 64.0 Å². The van der Waals surface area contributed by atoms with Crippen LogP contribution in [-0.2, 0) is 13.9 Å². The lowest BCUT2D eigenvalue weighted by molar-refractivity contribution is -0.0907. The van der Waals surface area contributed by atoms with Gasteiger partial charge in [0.2, 0.25) is 0 Å². The molecule has 1 N–H and O–H groups in total. The fourth-order valence-corrected chi connectivity index (χ4v) is 3.30. The zero-order valence-electron chi connectivity index (χ0n) is 13.5. The van der Waals surface area contributed by atoms with Gasteiger partial charge in [0, 0.05) is 6.61 Å². The number of hydrogen-bond donors (Lipinski definition) is 1. The van der Waals surface area contributed by atoms with Gasteiger partial charge in [0.25, 0.3) is 0 Å². The summed E-state index contributed by atoms with van der Waals surface area (Å²) in [6.07, 6.45) is 5.29. The monoisotopic (exact) mass is 302 g/mol. The van der Waals surface area contributed by atoms with E-state index in [0.29, 0.717) is 6.61 Å². The maximum atomic E-state index is 8.68. The van der Waals surface area contributed by atoms with E-state index < -0.39 is 8.32 Å².